The summed E-state index contributed by atoms with van der Waals surface area (Å²) in [5.74, 6) is 0. The van der Waals surface area contributed by atoms with Gasteiger partial charge in [-0.2, -0.15) is 0 Å². The number of unbranched alkanes of at least 4 members (excludes halogenated alkanes) is 1. The summed E-state index contributed by atoms with van der Waals surface area (Å²) >= 11 is 0. The van der Waals surface area contributed by atoms with Gasteiger partial charge in [-0.25, -0.2) is 5.01 Å². The fourth-order valence-corrected chi connectivity index (χ4v) is 1.50. The van der Waals surface area contributed by atoms with Crippen LogP contribution in [0.5, 0.6) is 0 Å². The molecule has 0 saturated carbocycles. The maximum absolute atomic E-state index is 4.05. The Morgan fingerprint density at radius 2 is 1.94 bits per heavy atom. The molecule has 0 bridgehead atoms. The maximum Gasteiger partial charge on any atom is 0.0490 e. The van der Waals surface area contributed by atoms with Crippen LogP contribution in [0.25, 0.3) is 5.70 Å². The molecule has 0 atom stereocenters. The molecule has 1 aromatic carbocycles. The number of nitrogens with zero attached hydrogens (tertiary/aromatic N) is 1. The third-order valence-corrected chi connectivity index (χ3v) is 2.57. The van der Waals surface area contributed by atoms with Crippen molar-refractivity contribution in [2.24, 2.45) is 0 Å². The van der Waals surface area contributed by atoms with Crippen molar-refractivity contribution in [2.75, 3.05) is 13.6 Å². The molecule has 0 saturated heterocycles. The summed E-state index contributed by atoms with van der Waals surface area (Å²) in [5, 5.41) is 2.09. The Morgan fingerprint density at radius 3 is 2.50 bits per heavy atom. The summed E-state index contributed by atoms with van der Waals surface area (Å²) in [6.45, 7) is 9.38. The molecule has 1 N–H and O–H groups in total. The highest BCUT2D eigenvalue weighted by molar-refractivity contribution is 5.61. The SMILES string of the molecule is C=C(NN(C)CCCC)c1ccc(C)cc1. The molecule has 0 heterocycles. The predicted molar refractivity (Wildman–Crippen MR) is 70.9 cm³/mol. The van der Waals surface area contributed by atoms with Crippen LogP contribution in [0.2, 0.25) is 0 Å². The lowest BCUT2D eigenvalue weighted by atomic mass is 10.1. The van der Waals surface area contributed by atoms with Gasteiger partial charge in [-0.3, -0.25) is 0 Å². The largest absolute Gasteiger partial charge is 0.319 e. The second kappa shape index (κ2) is 6.33. The Kier molecular flexibility index (Phi) is 5.06. The molecular weight excluding hydrogens is 196 g/mol. The van der Waals surface area contributed by atoms with Gasteiger partial charge in [-0.05, 0) is 18.9 Å². The highest BCUT2D eigenvalue weighted by Gasteiger charge is 2.01. The minimum absolute atomic E-state index is 0.957. The summed E-state index contributed by atoms with van der Waals surface area (Å²) in [7, 11) is 2.05. The van der Waals surface area contributed by atoms with Crippen LogP contribution in [0.3, 0.4) is 0 Å². The molecule has 88 valence electrons. The fourth-order valence-electron chi connectivity index (χ4n) is 1.50. The Labute approximate surface area is 98.9 Å². The number of benzene rings is 1. The third kappa shape index (κ3) is 4.07. The molecule has 1 aromatic rings. The Bertz CT molecular complexity index is 327. The topological polar surface area (TPSA) is 15.3 Å². The Morgan fingerprint density at radius 1 is 1.31 bits per heavy atom. The van der Waals surface area contributed by atoms with Gasteiger partial charge in [0.05, 0.1) is 0 Å². The van der Waals surface area contributed by atoms with E-state index in [2.05, 4.69) is 62.2 Å². The van der Waals surface area contributed by atoms with Crippen LogP contribution in [0.15, 0.2) is 30.8 Å². The van der Waals surface area contributed by atoms with E-state index >= 15 is 0 Å². The van der Waals surface area contributed by atoms with Crippen molar-refractivity contribution in [2.45, 2.75) is 26.7 Å². The van der Waals surface area contributed by atoms with Crippen molar-refractivity contribution in [1.29, 1.82) is 0 Å². The number of hydrogen-bond acceptors (Lipinski definition) is 2. The zero-order valence-electron chi connectivity index (χ0n) is 10.6. The fraction of sp³-hybridized carbons (Fsp3) is 0.429. The minimum Gasteiger partial charge on any atom is -0.319 e. The average Bonchev–Trinajstić information content (AvgIpc) is 2.27. The first-order valence-corrected chi connectivity index (χ1v) is 5.87. The van der Waals surface area contributed by atoms with Gasteiger partial charge in [-0.15, -0.1) is 0 Å². The van der Waals surface area contributed by atoms with E-state index in [-0.39, 0.29) is 0 Å². The van der Waals surface area contributed by atoms with Gasteiger partial charge in [0.1, 0.15) is 0 Å². The van der Waals surface area contributed by atoms with E-state index in [9.17, 15) is 0 Å². The number of hydrazine groups is 1. The van der Waals surface area contributed by atoms with Gasteiger partial charge in [0.25, 0.3) is 0 Å². The zero-order valence-corrected chi connectivity index (χ0v) is 10.6. The Balaban J connectivity index is 2.48. The summed E-state index contributed by atoms with van der Waals surface area (Å²) in [6, 6.07) is 8.40. The molecule has 0 aliphatic carbocycles. The number of aryl methyl sites for hydroxylation is 1. The van der Waals surface area contributed by atoms with E-state index in [1.54, 1.807) is 0 Å². The van der Waals surface area contributed by atoms with E-state index in [0.29, 0.717) is 0 Å². The van der Waals surface area contributed by atoms with Gasteiger partial charge in [0, 0.05) is 19.3 Å². The van der Waals surface area contributed by atoms with Crippen LogP contribution in [0.4, 0.5) is 0 Å². The van der Waals surface area contributed by atoms with Crippen molar-refractivity contribution >= 4 is 5.70 Å². The van der Waals surface area contributed by atoms with Gasteiger partial charge in [-0.1, -0.05) is 49.8 Å². The van der Waals surface area contributed by atoms with Crippen molar-refractivity contribution in [3.63, 3.8) is 0 Å². The molecule has 0 aliphatic rings. The molecule has 0 aliphatic heterocycles. The zero-order chi connectivity index (χ0) is 12.0. The first-order valence-electron chi connectivity index (χ1n) is 5.87. The van der Waals surface area contributed by atoms with Crippen LogP contribution in [-0.4, -0.2) is 18.6 Å². The van der Waals surface area contributed by atoms with Gasteiger partial charge >= 0.3 is 0 Å². The van der Waals surface area contributed by atoms with Gasteiger partial charge in [0.2, 0.25) is 0 Å². The number of hydrogen-bond donors (Lipinski definition) is 1. The van der Waals surface area contributed by atoms with E-state index in [1.165, 1.54) is 18.4 Å². The highest BCUT2D eigenvalue weighted by atomic mass is 15.5. The minimum atomic E-state index is 0.957. The summed E-state index contributed by atoms with van der Waals surface area (Å²) in [6.07, 6.45) is 2.41. The standard InChI is InChI=1S/C14H22N2/c1-5-6-11-16(4)15-13(3)14-9-7-12(2)8-10-14/h7-10,15H,3,5-6,11H2,1-2,4H3. The highest BCUT2D eigenvalue weighted by Crippen LogP contribution is 2.10. The Hall–Kier alpha value is -1.28. The van der Waals surface area contributed by atoms with E-state index in [0.717, 1.165) is 17.8 Å². The van der Waals surface area contributed by atoms with E-state index in [1.807, 2.05) is 0 Å². The van der Waals surface area contributed by atoms with Crippen LogP contribution in [0.1, 0.15) is 30.9 Å². The predicted octanol–water partition coefficient (Wildman–Crippen LogP) is 3.20. The number of nitrogens with one attached hydrogen (secondary N) is 1. The van der Waals surface area contributed by atoms with Crippen molar-refractivity contribution in [3.05, 3.63) is 42.0 Å². The van der Waals surface area contributed by atoms with E-state index in [4.69, 9.17) is 0 Å². The molecule has 0 amide bonds. The second-order valence-corrected chi connectivity index (χ2v) is 4.23. The molecule has 1 rings (SSSR count). The smallest absolute Gasteiger partial charge is 0.0490 e. The third-order valence-electron chi connectivity index (χ3n) is 2.57. The van der Waals surface area contributed by atoms with Crippen LogP contribution < -0.4 is 5.43 Å². The second-order valence-electron chi connectivity index (χ2n) is 4.23. The average molecular weight is 218 g/mol. The molecule has 2 nitrogen and oxygen atoms in total. The lowest BCUT2D eigenvalue weighted by Gasteiger charge is -2.20. The van der Waals surface area contributed by atoms with Crippen molar-refractivity contribution < 1.29 is 0 Å². The maximum atomic E-state index is 4.05. The first kappa shape index (κ1) is 12.8. The van der Waals surface area contributed by atoms with Gasteiger partial charge in [0.15, 0.2) is 0 Å². The monoisotopic (exact) mass is 218 g/mol. The van der Waals surface area contributed by atoms with Crippen LogP contribution in [0, 0.1) is 6.92 Å². The summed E-state index contributed by atoms with van der Waals surface area (Å²) in [5.41, 5.74) is 6.67. The lowest BCUT2D eigenvalue weighted by Crippen LogP contribution is -2.33. The molecule has 0 spiro atoms. The summed E-state index contributed by atoms with van der Waals surface area (Å²) < 4.78 is 0. The number of rotatable bonds is 6. The van der Waals surface area contributed by atoms with Crippen LogP contribution >= 0.6 is 0 Å². The molecular formula is C14H22N2. The quantitative estimate of drug-likeness (QED) is 0.738. The first-order chi connectivity index (χ1) is 7.63. The van der Waals surface area contributed by atoms with Crippen molar-refractivity contribution in [1.82, 2.24) is 10.4 Å². The molecule has 0 unspecified atom stereocenters. The normalized spacial score (nSPS) is 10.5. The van der Waals surface area contributed by atoms with E-state index < -0.39 is 0 Å². The van der Waals surface area contributed by atoms with Crippen LogP contribution in [-0.2, 0) is 0 Å². The lowest BCUT2D eigenvalue weighted by molar-refractivity contribution is 0.280. The van der Waals surface area contributed by atoms with Crippen molar-refractivity contribution in [3.8, 4) is 0 Å². The molecule has 0 fully saturated rings. The molecule has 2 heteroatoms. The molecule has 0 radical (unpaired) electrons. The van der Waals surface area contributed by atoms with Gasteiger partial charge < -0.3 is 5.43 Å². The molecule has 0 aromatic heterocycles. The summed E-state index contributed by atoms with van der Waals surface area (Å²) in [4.78, 5) is 0. The molecule has 16 heavy (non-hydrogen) atoms.